The van der Waals surface area contributed by atoms with Crippen molar-refractivity contribution in [2.75, 3.05) is 6.61 Å². The molecule has 0 aliphatic carbocycles. The topological polar surface area (TPSA) is 69.0 Å². The van der Waals surface area contributed by atoms with Crippen LogP contribution in [0.1, 0.15) is 53.1 Å². The number of aryl methyl sites for hydroxylation is 3. The fourth-order valence-electron chi connectivity index (χ4n) is 4.08. The molecule has 1 unspecified atom stereocenters. The van der Waals surface area contributed by atoms with E-state index >= 15 is 0 Å². The van der Waals surface area contributed by atoms with Crippen LogP contribution in [-0.2, 0) is 6.54 Å². The van der Waals surface area contributed by atoms with E-state index < -0.39 is 0 Å². The highest BCUT2D eigenvalue weighted by atomic mass is 16.5. The largest absolute Gasteiger partial charge is 0.494 e. The lowest BCUT2D eigenvalue weighted by Crippen LogP contribution is -2.28. The van der Waals surface area contributed by atoms with Crippen LogP contribution < -0.4 is 10.1 Å². The van der Waals surface area contributed by atoms with Crippen molar-refractivity contribution in [3.05, 3.63) is 89.5 Å². The quantitative estimate of drug-likeness (QED) is 0.353. The summed E-state index contributed by atoms with van der Waals surface area (Å²) >= 11 is 0. The number of amides is 1. The van der Waals surface area contributed by atoms with Crippen molar-refractivity contribution in [2.45, 2.75) is 46.2 Å². The van der Waals surface area contributed by atoms with E-state index in [-0.39, 0.29) is 11.9 Å². The Morgan fingerprint density at radius 1 is 1.06 bits per heavy atom. The molecule has 1 N–H and O–H groups in total. The van der Waals surface area contributed by atoms with Gasteiger partial charge in [-0.15, -0.1) is 0 Å². The Morgan fingerprint density at radius 3 is 2.61 bits per heavy atom. The van der Waals surface area contributed by atoms with Gasteiger partial charge in [0.05, 0.1) is 29.2 Å². The van der Waals surface area contributed by atoms with Gasteiger partial charge >= 0.3 is 0 Å². The molecule has 2 heterocycles. The van der Waals surface area contributed by atoms with Gasteiger partial charge in [0, 0.05) is 18.9 Å². The molecular weight excluding hydrogens is 412 g/mol. The van der Waals surface area contributed by atoms with Gasteiger partial charge in [-0.05, 0) is 81.1 Å². The number of nitrogens with one attached hydrogen (secondary N) is 1. The number of ether oxygens (including phenoxy) is 1. The summed E-state index contributed by atoms with van der Waals surface area (Å²) in [6.45, 7) is 7.60. The van der Waals surface area contributed by atoms with Gasteiger partial charge in [0.1, 0.15) is 11.6 Å². The van der Waals surface area contributed by atoms with Crippen LogP contribution in [-0.4, -0.2) is 27.0 Å². The second kappa shape index (κ2) is 10.3. The molecule has 4 rings (SSSR count). The number of nitrogens with zero attached hydrogens (tertiary/aromatic N) is 3. The normalized spacial score (nSPS) is 12.0. The number of carbonyl (C=O) groups excluding carboxylic acids is 1. The Labute approximate surface area is 194 Å². The Morgan fingerprint density at radius 2 is 1.85 bits per heavy atom. The van der Waals surface area contributed by atoms with Gasteiger partial charge in [-0.25, -0.2) is 4.98 Å². The lowest BCUT2D eigenvalue weighted by atomic mass is 10.1. The Kier molecular flexibility index (Phi) is 7.03. The highest BCUT2D eigenvalue weighted by Crippen LogP contribution is 2.22. The van der Waals surface area contributed by atoms with Crippen molar-refractivity contribution in [1.29, 1.82) is 0 Å². The number of pyridine rings is 1. The van der Waals surface area contributed by atoms with Crippen LogP contribution in [0.2, 0.25) is 0 Å². The standard InChI is InChI=1S/C27H30N4O2/c1-19-15-20(2)17-23(16-19)33-14-7-6-13-31-25-11-5-4-10-24(25)30-26(31)21(3)29-27(32)22-9-8-12-28-18-22/h4-5,8-12,15-18,21H,6-7,13-14H2,1-3H3,(H,29,32). The van der Waals surface area contributed by atoms with Gasteiger partial charge in [0.2, 0.25) is 0 Å². The van der Waals surface area contributed by atoms with Crippen LogP contribution in [0.25, 0.3) is 11.0 Å². The molecule has 0 bridgehead atoms. The molecule has 6 nitrogen and oxygen atoms in total. The smallest absolute Gasteiger partial charge is 0.253 e. The summed E-state index contributed by atoms with van der Waals surface area (Å²) in [5.41, 5.74) is 4.96. The third-order valence-electron chi connectivity index (χ3n) is 5.58. The molecule has 6 heteroatoms. The second-order valence-electron chi connectivity index (χ2n) is 8.43. The summed E-state index contributed by atoms with van der Waals surface area (Å²) in [5, 5.41) is 3.06. The molecule has 0 aliphatic rings. The molecule has 0 radical (unpaired) electrons. The lowest BCUT2D eigenvalue weighted by Gasteiger charge is -2.16. The van der Waals surface area contributed by atoms with Crippen LogP contribution in [0.5, 0.6) is 5.75 Å². The molecule has 1 atom stereocenters. The Balaban J connectivity index is 1.42. The average Bonchev–Trinajstić information content (AvgIpc) is 3.17. The SMILES string of the molecule is Cc1cc(C)cc(OCCCCn2c(C(C)NC(=O)c3cccnc3)nc3ccccc32)c1. The molecule has 0 fully saturated rings. The van der Waals surface area contributed by atoms with Crippen LogP contribution in [0.15, 0.2) is 67.0 Å². The van der Waals surface area contributed by atoms with Crippen molar-refractivity contribution >= 4 is 16.9 Å². The number of carbonyl (C=O) groups is 1. The van der Waals surface area contributed by atoms with Crippen LogP contribution in [0, 0.1) is 13.8 Å². The maximum absolute atomic E-state index is 12.6. The molecule has 4 aromatic rings. The second-order valence-corrected chi connectivity index (χ2v) is 8.43. The van der Waals surface area contributed by atoms with E-state index in [1.54, 1.807) is 24.5 Å². The number of benzene rings is 2. The summed E-state index contributed by atoms with van der Waals surface area (Å²) in [7, 11) is 0. The van der Waals surface area contributed by atoms with Crippen molar-refractivity contribution < 1.29 is 9.53 Å². The van der Waals surface area contributed by atoms with Gasteiger partial charge in [-0.1, -0.05) is 18.2 Å². The molecule has 0 aliphatic heterocycles. The average molecular weight is 443 g/mol. The minimum absolute atomic E-state index is 0.156. The zero-order valence-electron chi connectivity index (χ0n) is 19.4. The third-order valence-corrected chi connectivity index (χ3v) is 5.58. The first-order valence-corrected chi connectivity index (χ1v) is 11.4. The highest BCUT2D eigenvalue weighted by molar-refractivity contribution is 5.94. The van der Waals surface area contributed by atoms with Gasteiger partial charge in [0.15, 0.2) is 0 Å². The van der Waals surface area contributed by atoms with Crippen molar-refractivity contribution in [1.82, 2.24) is 19.9 Å². The molecule has 170 valence electrons. The molecule has 0 saturated carbocycles. The number of fused-ring (bicyclic) bond motifs is 1. The molecular formula is C27H30N4O2. The van der Waals surface area contributed by atoms with E-state index in [1.807, 2.05) is 25.1 Å². The maximum Gasteiger partial charge on any atom is 0.253 e. The highest BCUT2D eigenvalue weighted by Gasteiger charge is 2.19. The molecule has 1 amide bonds. The van der Waals surface area contributed by atoms with Crippen LogP contribution in [0.3, 0.4) is 0 Å². The first-order chi connectivity index (χ1) is 16.0. The van der Waals surface area contributed by atoms with E-state index in [0.717, 1.165) is 42.0 Å². The first-order valence-electron chi connectivity index (χ1n) is 11.4. The number of hydrogen-bond donors (Lipinski definition) is 1. The summed E-state index contributed by atoms with van der Waals surface area (Å²) < 4.78 is 8.17. The predicted molar refractivity (Wildman–Crippen MR) is 130 cm³/mol. The number of unbranched alkanes of at least 4 members (excludes halogenated alkanes) is 1. The summed E-state index contributed by atoms with van der Waals surface area (Å²) in [6.07, 6.45) is 5.10. The zero-order chi connectivity index (χ0) is 23.2. The predicted octanol–water partition coefficient (Wildman–Crippen LogP) is 5.40. The molecule has 0 saturated heterocycles. The summed E-state index contributed by atoms with van der Waals surface area (Å²) in [6, 6.07) is 17.7. The number of para-hydroxylation sites is 2. The molecule has 2 aromatic carbocycles. The molecule has 2 aromatic heterocycles. The van der Waals surface area contributed by atoms with E-state index in [2.05, 4.69) is 53.0 Å². The van der Waals surface area contributed by atoms with E-state index in [1.165, 1.54) is 11.1 Å². The van der Waals surface area contributed by atoms with Gasteiger partial charge < -0.3 is 14.6 Å². The van der Waals surface area contributed by atoms with E-state index in [9.17, 15) is 4.79 Å². The van der Waals surface area contributed by atoms with Crippen LogP contribution in [0.4, 0.5) is 0 Å². The van der Waals surface area contributed by atoms with Crippen molar-refractivity contribution in [3.8, 4) is 5.75 Å². The van der Waals surface area contributed by atoms with Crippen molar-refractivity contribution in [2.24, 2.45) is 0 Å². The van der Waals surface area contributed by atoms with Gasteiger partial charge in [-0.3, -0.25) is 9.78 Å². The monoisotopic (exact) mass is 442 g/mol. The Bertz CT molecular complexity index is 1210. The maximum atomic E-state index is 12.6. The van der Waals surface area contributed by atoms with Crippen molar-refractivity contribution in [3.63, 3.8) is 0 Å². The van der Waals surface area contributed by atoms with Gasteiger partial charge in [0.25, 0.3) is 5.91 Å². The Hall–Kier alpha value is -3.67. The fraction of sp³-hybridized carbons (Fsp3) is 0.296. The van der Waals surface area contributed by atoms with E-state index in [0.29, 0.717) is 12.2 Å². The first kappa shape index (κ1) is 22.5. The minimum Gasteiger partial charge on any atom is -0.494 e. The third kappa shape index (κ3) is 5.58. The van der Waals surface area contributed by atoms with Gasteiger partial charge in [-0.2, -0.15) is 0 Å². The summed E-state index contributed by atoms with van der Waals surface area (Å²) in [4.78, 5) is 21.5. The zero-order valence-corrected chi connectivity index (χ0v) is 19.4. The molecule has 33 heavy (non-hydrogen) atoms. The fourth-order valence-corrected chi connectivity index (χ4v) is 4.08. The number of imidazole rings is 1. The van der Waals surface area contributed by atoms with Crippen LogP contribution >= 0.6 is 0 Å². The molecule has 0 spiro atoms. The number of hydrogen-bond acceptors (Lipinski definition) is 4. The summed E-state index contributed by atoms with van der Waals surface area (Å²) in [5.74, 6) is 1.62. The number of rotatable bonds is 9. The lowest BCUT2D eigenvalue weighted by molar-refractivity contribution is 0.0937. The van der Waals surface area contributed by atoms with E-state index in [4.69, 9.17) is 9.72 Å². The number of aromatic nitrogens is 3. The minimum atomic E-state index is -0.239.